The van der Waals surface area contributed by atoms with Crippen LogP contribution in [0.1, 0.15) is 12.8 Å². The summed E-state index contributed by atoms with van der Waals surface area (Å²) in [6, 6.07) is 0. The number of nitrogens with zero attached hydrogens (tertiary/aromatic N) is 1. The number of aromatic amines is 1. The summed E-state index contributed by atoms with van der Waals surface area (Å²) in [5.41, 5.74) is 0.255. The van der Waals surface area contributed by atoms with Gasteiger partial charge in [-0.2, -0.15) is 5.10 Å². The minimum absolute atomic E-state index is 0.180. The van der Waals surface area contributed by atoms with Crippen molar-refractivity contribution < 1.29 is 0 Å². The summed E-state index contributed by atoms with van der Waals surface area (Å²) in [6.45, 7) is 3.01. The molecule has 6 heteroatoms. The summed E-state index contributed by atoms with van der Waals surface area (Å²) in [7, 11) is 0. The molecular formula is C10H15ClN4O. The van der Waals surface area contributed by atoms with Crippen LogP contribution in [-0.4, -0.2) is 29.8 Å². The highest BCUT2D eigenvalue weighted by Crippen LogP contribution is 2.16. The molecule has 0 saturated carbocycles. The van der Waals surface area contributed by atoms with Crippen molar-refractivity contribution in [3.8, 4) is 0 Å². The first kappa shape index (κ1) is 11.4. The highest BCUT2D eigenvalue weighted by Gasteiger charge is 2.13. The van der Waals surface area contributed by atoms with Crippen molar-refractivity contribution in [3.05, 3.63) is 21.6 Å². The van der Waals surface area contributed by atoms with E-state index in [-0.39, 0.29) is 10.6 Å². The molecule has 5 nitrogen and oxygen atoms in total. The average Bonchev–Trinajstić information content (AvgIpc) is 2.77. The van der Waals surface area contributed by atoms with E-state index in [1.54, 1.807) is 0 Å². The van der Waals surface area contributed by atoms with Crippen molar-refractivity contribution in [1.29, 1.82) is 0 Å². The van der Waals surface area contributed by atoms with E-state index in [9.17, 15) is 4.79 Å². The Morgan fingerprint density at radius 1 is 1.62 bits per heavy atom. The van der Waals surface area contributed by atoms with E-state index in [0.29, 0.717) is 5.69 Å². The lowest BCUT2D eigenvalue weighted by atomic mass is 10.1. The topological polar surface area (TPSA) is 69.8 Å². The van der Waals surface area contributed by atoms with Gasteiger partial charge in [0.1, 0.15) is 5.02 Å². The predicted molar refractivity (Wildman–Crippen MR) is 64.0 cm³/mol. The largest absolute Gasteiger partial charge is 0.382 e. The molecule has 0 bridgehead atoms. The van der Waals surface area contributed by atoms with Crippen molar-refractivity contribution in [3.63, 3.8) is 0 Å². The second kappa shape index (κ2) is 5.32. The minimum atomic E-state index is -0.353. The van der Waals surface area contributed by atoms with Crippen LogP contribution < -0.4 is 16.2 Å². The Morgan fingerprint density at radius 3 is 3.25 bits per heavy atom. The van der Waals surface area contributed by atoms with Crippen molar-refractivity contribution in [2.24, 2.45) is 5.92 Å². The Hall–Kier alpha value is -1.07. The predicted octanol–water partition coefficient (Wildman–Crippen LogP) is 0.835. The number of hydrogen-bond donors (Lipinski definition) is 3. The van der Waals surface area contributed by atoms with Gasteiger partial charge in [0.2, 0.25) is 0 Å². The van der Waals surface area contributed by atoms with Crippen molar-refractivity contribution >= 4 is 17.3 Å². The quantitative estimate of drug-likeness (QED) is 0.732. The van der Waals surface area contributed by atoms with E-state index in [2.05, 4.69) is 20.8 Å². The zero-order valence-electron chi connectivity index (χ0n) is 8.92. The molecule has 2 rings (SSSR count). The Bertz CT molecular complexity index is 400. The zero-order valence-corrected chi connectivity index (χ0v) is 9.68. The molecule has 1 fully saturated rings. The van der Waals surface area contributed by atoms with Crippen LogP contribution in [0.5, 0.6) is 0 Å². The molecule has 88 valence electrons. The number of anilines is 1. The lowest BCUT2D eigenvalue weighted by molar-refractivity contribution is 0.549. The van der Waals surface area contributed by atoms with Gasteiger partial charge in [-0.25, -0.2) is 5.10 Å². The van der Waals surface area contributed by atoms with Crippen LogP contribution in [0.4, 0.5) is 5.69 Å². The molecule has 0 radical (unpaired) electrons. The molecule has 1 atom stereocenters. The maximum absolute atomic E-state index is 11.2. The first-order valence-corrected chi connectivity index (χ1v) is 5.83. The van der Waals surface area contributed by atoms with Crippen molar-refractivity contribution in [2.45, 2.75) is 12.8 Å². The second-order valence-electron chi connectivity index (χ2n) is 4.00. The molecule has 0 aromatic carbocycles. The summed E-state index contributed by atoms with van der Waals surface area (Å²) in [5, 5.41) is 12.6. The Balaban J connectivity index is 1.84. The summed E-state index contributed by atoms with van der Waals surface area (Å²) >= 11 is 5.83. The van der Waals surface area contributed by atoms with E-state index in [4.69, 9.17) is 11.6 Å². The van der Waals surface area contributed by atoms with E-state index in [1.807, 2.05) is 0 Å². The lowest BCUT2D eigenvalue weighted by Gasteiger charge is -2.10. The van der Waals surface area contributed by atoms with E-state index in [1.165, 1.54) is 12.6 Å². The number of hydrogen-bond acceptors (Lipinski definition) is 4. The van der Waals surface area contributed by atoms with Gasteiger partial charge in [-0.1, -0.05) is 11.6 Å². The number of rotatable bonds is 4. The smallest absolute Gasteiger partial charge is 0.285 e. The SMILES string of the molecule is O=c1[nH]ncc(NCCC2CCNC2)c1Cl. The first-order chi connectivity index (χ1) is 7.77. The summed E-state index contributed by atoms with van der Waals surface area (Å²) in [4.78, 5) is 11.2. The fourth-order valence-electron chi connectivity index (χ4n) is 1.88. The zero-order chi connectivity index (χ0) is 11.4. The highest BCUT2D eigenvalue weighted by molar-refractivity contribution is 6.32. The Morgan fingerprint density at radius 2 is 2.50 bits per heavy atom. The highest BCUT2D eigenvalue weighted by atomic mass is 35.5. The van der Waals surface area contributed by atoms with Crippen LogP contribution in [0.2, 0.25) is 5.02 Å². The van der Waals surface area contributed by atoms with Gasteiger partial charge in [0.25, 0.3) is 5.56 Å². The van der Waals surface area contributed by atoms with Crippen LogP contribution in [0.3, 0.4) is 0 Å². The molecule has 16 heavy (non-hydrogen) atoms. The van der Waals surface area contributed by atoms with Gasteiger partial charge in [0.05, 0.1) is 11.9 Å². The van der Waals surface area contributed by atoms with Crippen LogP contribution in [0, 0.1) is 5.92 Å². The molecule has 1 aliphatic rings. The first-order valence-electron chi connectivity index (χ1n) is 5.45. The maximum Gasteiger partial charge on any atom is 0.285 e. The molecule has 1 aromatic rings. The third-order valence-corrected chi connectivity index (χ3v) is 3.20. The fourth-order valence-corrected chi connectivity index (χ4v) is 2.04. The standard InChI is InChI=1S/C10H15ClN4O/c11-9-8(6-14-15-10(9)16)13-4-2-7-1-3-12-5-7/h6-7,12H,1-5H2,(H2,13,15,16). The van der Waals surface area contributed by atoms with Crippen LogP contribution in [0.15, 0.2) is 11.0 Å². The van der Waals surface area contributed by atoms with Crippen molar-refractivity contribution in [1.82, 2.24) is 15.5 Å². The van der Waals surface area contributed by atoms with Gasteiger partial charge in [0, 0.05) is 6.54 Å². The van der Waals surface area contributed by atoms with Gasteiger partial charge in [-0.3, -0.25) is 4.79 Å². The minimum Gasteiger partial charge on any atom is -0.382 e. The summed E-state index contributed by atoms with van der Waals surface area (Å²) < 4.78 is 0. The molecule has 0 aliphatic carbocycles. The van der Waals surface area contributed by atoms with Gasteiger partial charge in [0.15, 0.2) is 0 Å². The summed E-state index contributed by atoms with van der Waals surface area (Å²) in [5.74, 6) is 0.723. The van der Waals surface area contributed by atoms with Crippen LogP contribution in [-0.2, 0) is 0 Å². The average molecular weight is 243 g/mol. The Kier molecular flexibility index (Phi) is 3.79. The lowest BCUT2D eigenvalue weighted by Crippen LogP contribution is -2.15. The number of halogens is 1. The maximum atomic E-state index is 11.2. The Labute approximate surface area is 98.6 Å². The van der Waals surface area contributed by atoms with E-state index >= 15 is 0 Å². The molecule has 3 N–H and O–H groups in total. The third-order valence-electron chi connectivity index (χ3n) is 2.83. The second-order valence-corrected chi connectivity index (χ2v) is 4.38. The molecule has 0 spiro atoms. The van der Waals surface area contributed by atoms with E-state index in [0.717, 1.165) is 32.0 Å². The monoisotopic (exact) mass is 242 g/mol. The molecule has 1 aliphatic heterocycles. The molecule has 1 saturated heterocycles. The van der Waals surface area contributed by atoms with Crippen LogP contribution >= 0.6 is 11.6 Å². The van der Waals surface area contributed by atoms with Gasteiger partial charge >= 0.3 is 0 Å². The fraction of sp³-hybridized carbons (Fsp3) is 0.600. The van der Waals surface area contributed by atoms with Gasteiger partial charge in [-0.05, 0) is 31.8 Å². The normalized spacial score (nSPS) is 19.9. The van der Waals surface area contributed by atoms with Crippen molar-refractivity contribution in [2.75, 3.05) is 25.0 Å². The molecule has 2 heterocycles. The van der Waals surface area contributed by atoms with Gasteiger partial charge < -0.3 is 10.6 Å². The molecular weight excluding hydrogens is 228 g/mol. The van der Waals surface area contributed by atoms with Gasteiger partial charge in [-0.15, -0.1) is 0 Å². The molecule has 1 aromatic heterocycles. The number of aromatic nitrogens is 2. The number of H-pyrrole nitrogens is 1. The van der Waals surface area contributed by atoms with E-state index < -0.39 is 0 Å². The summed E-state index contributed by atoms with van der Waals surface area (Å²) in [6.07, 6.45) is 3.84. The third kappa shape index (κ3) is 2.74. The molecule has 0 amide bonds. The van der Waals surface area contributed by atoms with Crippen LogP contribution in [0.25, 0.3) is 0 Å². The number of nitrogens with one attached hydrogen (secondary N) is 3. The molecule has 1 unspecified atom stereocenters.